The molecule has 0 bridgehead atoms. The van der Waals surface area contributed by atoms with Gasteiger partial charge in [0.15, 0.2) is 11.5 Å². The van der Waals surface area contributed by atoms with Gasteiger partial charge in [-0.3, -0.25) is 4.79 Å². The molecule has 0 saturated heterocycles. The first-order valence-corrected chi connectivity index (χ1v) is 4.97. The second-order valence-corrected chi connectivity index (χ2v) is 3.36. The average Bonchev–Trinajstić information content (AvgIpc) is 2.22. The summed E-state index contributed by atoms with van der Waals surface area (Å²) in [6.45, 7) is 2.03. The van der Waals surface area contributed by atoms with E-state index in [1.54, 1.807) is 13.0 Å². The normalized spacial score (nSPS) is 11.4. The molecule has 17 heavy (non-hydrogen) atoms. The fourth-order valence-electron chi connectivity index (χ4n) is 1.29. The van der Waals surface area contributed by atoms with Crippen molar-refractivity contribution in [2.75, 3.05) is 6.61 Å². The van der Waals surface area contributed by atoms with Gasteiger partial charge in [-0.05, 0) is 24.6 Å². The molecule has 0 amide bonds. The third-order valence-corrected chi connectivity index (χ3v) is 2.12. The molecule has 0 aromatic heterocycles. The molecule has 96 valence electrons. The van der Waals surface area contributed by atoms with Gasteiger partial charge in [-0.15, -0.1) is 12.4 Å². The Morgan fingerprint density at radius 1 is 1.41 bits per heavy atom. The van der Waals surface area contributed by atoms with Gasteiger partial charge < -0.3 is 20.7 Å². The minimum Gasteiger partial charge on any atom is -0.504 e. The maximum atomic E-state index is 11.2. The third kappa shape index (κ3) is 4.50. The van der Waals surface area contributed by atoms with Crippen molar-refractivity contribution in [3.63, 3.8) is 0 Å². The number of ether oxygens (including phenoxy) is 1. The van der Waals surface area contributed by atoms with Crippen molar-refractivity contribution in [2.24, 2.45) is 5.73 Å². The lowest BCUT2D eigenvalue weighted by Crippen LogP contribution is -2.17. The van der Waals surface area contributed by atoms with Crippen molar-refractivity contribution in [3.8, 4) is 11.5 Å². The van der Waals surface area contributed by atoms with E-state index in [9.17, 15) is 9.90 Å². The Labute approximate surface area is 106 Å². The number of hydrogen-bond donors (Lipinski definition) is 3. The lowest BCUT2D eigenvalue weighted by Gasteiger charge is -2.11. The molecule has 0 heterocycles. The Hall–Kier alpha value is -1.46. The zero-order valence-electron chi connectivity index (χ0n) is 9.42. The number of phenols is 2. The Bertz CT molecular complexity index is 384. The van der Waals surface area contributed by atoms with Crippen molar-refractivity contribution in [2.45, 2.75) is 19.4 Å². The largest absolute Gasteiger partial charge is 0.504 e. The molecule has 6 heteroatoms. The lowest BCUT2D eigenvalue weighted by atomic mass is 10.0. The van der Waals surface area contributed by atoms with Crippen molar-refractivity contribution in [1.29, 1.82) is 0 Å². The first-order chi connectivity index (χ1) is 7.54. The molecule has 5 nitrogen and oxygen atoms in total. The molecule has 0 aliphatic rings. The average molecular weight is 262 g/mol. The maximum absolute atomic E-state index is 11.2. The molecule has 0 radical (unpaired) electrons. The summed E-state index contributed by atoms with van der Waals surface area (Å²) in [5, 5.41) is 18.4. The molecule has 0 saturated carbocycles. The van der Waals surface area contributed by atoms with Crippen LogP contribution in [0.2, 0.25) is 0 Å². The maximum Gasteiger partial charge on any atom is 0.307 e. The highest BCUT2D eigenvalue weighted by Crippen LogP contribution is 2.28. The summed E-state index contributed by atoms with van der Waals surface area (Å²) < 4.78 is 4.76. The minimum atomic E-state index is -0.550. The summed E-state index contributed by atoms with van der Waals surface area (Å²) >= 11 is 0. The molecule has 0 spiro atoms. The molecule has 0 unspecified atom stereocenters. The second-order valence-electron chi connectivity index (χ2n) is 3.36. The van der Waals surface area contributed by atoms with Crippen molar-refractivity contribution in [1.82, 2.24) is 0 Å². The van der Waals surface area contributed by atoms with Crippen LogP contribution in [0.4, 0.5) is 0 Å². The highest BCUT2D eigenvalue weighted by atomic mass is 35.5. The Morgan fingerprint density at radius 2 is 2.06 bits per heavy atom. The molecular formula is C11H16ClNO4. The van der Waals surface area contributed by atoms with E-state index in [1.807, 2.05) is 0 Å². The van der Waals surface area contributed by atoms with Crippen molar-refractivity contribution < 1.29 is 19.7 Å². The molecule has 0 aliphatic carbocycles. The summed E-state index contributed by atoms with van der Waals surface area (Å²) in [5.41, 5.74) is 6.32. The number of esters is 1. The van der Waals surface area contributed by atoms with Gasteiger partial charge in [0.2, 0.25) is 0 Å². The Kier molecular flexibility index (Phi) is 6.38. The number of aromatic hydroxyl groups is 2. The molecule has 0 aliphatic heterocycles. The Balaban J connectivity index is 0.00000256. The van der Waals surface area contributed by atoms with Gasteiger partial charge in [0.25, 0.3) is 0 Å². The number of carbonyl (C=O) groups is 1. The van der Waals surface area contributed by atoms with Gasteiger partial charge in [0, 0.05) is 6.04 Å². The molecule has 4 N–H and O–H groups in total. The Morgan fingerprint density at radius 3 is 2.59 bits per heavy atom. The van der Waals surface area contributed by atoms with Crippen LogP contribution in [0.15, 0.2) is 18.2 Å². The second kappa shape index (κ2) is 6.98. The van der Waals surface area contributed by atoms with Crippen LogP contribution in [0.3, 0.4) is 0 Å². The van der Waals surface area contributed by atoms with Crippen LogP contribution in [0, 0.1) is 0 Å². The molecule has 1 rings (SSSR count). The van der Waals surface area contributed by atoms with Crippen LogP contribution >= 0.6 is 12.4 Å². The first-order valence-electron chi connectivity index (χ1n) is 4.97. The lowest BCUT2D eigenvalue weighted by molar-refractivity contribution is -0.143. The van der Waals surface area contributed by atoms with Crippen LogP contribution in [0.5, 0.6) is 11.5 Å². The van der Waals surface area contributed by atoms with E-state index in [2.05, 4.69) is 0 Å². The van der Waals surface area contributed by atoms with Crippen LogP contribution in [0.1, 0.15) is 24.9 Å². The number of rotatable bonds is 4. The van der Waals surface area contributed by atoms with Gasteiger partial charge in [-0.1, -0.05) is 6.07 Å². The standard InChI is InChI=1S/C11H15NO4.ClH/c1-2-16-11(15)6-8(12)7-3-4-9(13)10(14)5-7;/h3-5,8,13-14H,2,6,12H2,1H3;1H/t8-;/m0./s1. The fraction of sp³-hybridized carbons (Fsp3) is 0.364. The summed E-state index contributed by atoms with van der Waals surface area (Å²) in [6.07, 6.45) is 0.0397. The molecule has 1 atom stereocenters. The van der Waals surface area contributed by atoms with Crippen LogP contribution in [-0.4, -0.2) is 22.8 Å². The molecular weight excluding hydrogens is 246 g/mol. The van der Waals surface area contributed by atoms with Gasteiger partial charge >= 0.3 is 5.97 Å². The number of benzene rings is 1. The smallest absolute Gasteiger partial charge is 0.307 e. The summed E-state index contributed by atoms with van der Waals surface area (Å²) in [4.78, 5) is 11.2. The zero-order chi connectivity index (χ0) is 12.1. The van der Waals surface area contributed by atoms with E-state index in [-0.39, 0.29) is 36.3 Å². The van der Waals surface area contributed by atoms with Crippen LogP contribution < -0.4 is 5.73 Å². The van der Waals surface area contributed by atoms with Crippen molar-refractivity contribution in [3.05, 3.63) is 23.8 Å². The van der Waals surface area contributed by atoms with Crippen LogP contribution in [-0.2, 0) is 9.53 Å². The zero-order valence-corrected chi connectivity index (χ0v) is 10.2. The summed E-state index contributed by atoms with van der Waals surface area (Å²) in [6, 6.07) is 3.67. The predicted molar refractivity (Wildman–Crippen MR) is 65.2 cm³/mol. The van der Waals surface area contributed by atoms with E-state index in [1.165, 1.54) is 12.1 Å². The summed E-state index contributed by atoms with van der Waals surface area (Å²) in [5.74, 6) is -0.855. The van der Waals surface area contributed by atoms with Gasteiger partial charge in [0.05, 0.1) is 13.0 Å². The number of hydrogen-bond acceptors (Lipinski definition) is 5. The number of halogens is 1. The van der Waals surface area contributed by atoms with E-state index in [4.69, 9.17) is 15.6 Å². The number of phenolic OH excluding ortho intramolecular Hbond substituents is 2. The predicted octanol–water partition coefficient (Wildman–Crippen LogP) is 1.47. The molecule has 1 aromatic carbocycles. The minimum absolute atomic E-state index is 0. The number of carbonyl (C=O) groups excluding carboxylic acids is 1. The van der Waals surface area contributed by atoms with Gasteiger partial charge in [-0.25, -0.2) is 0 Å². The van der Waals surface area contributed by atoms with E-state index < -0.39 is 6.04 Å². The van der Waals surface area contributed by atoms with Gasteiger partial charge in [0.1, 0.15) is 0 Å². The van der Waals surface area contributed by atoms with E-state index in [0.717, 1.165) is 0 Å². The number of nitrogens with two attached hydrogens (primary N) is 1. The topological polar surface area (TPSA) is 92.8 Å². The van der Waals surface area contributed by atoms with Crippen molar-refractivity contribution >= 4 is 18.4 Å². The summed E-state index contributed by atoms with van der Waals surface area (Å²) in [7, 11) is 0. The SMILES string of the molecule is CCOC(=O)C[C@H](N)c1ccc(O)c(O)c1.Cl. The highest BCUT2D eigenvalue weighted by Gasteiger charge is 2.13. The fourth-order valence-corrected chi connectivity index (χ4v) is 1.29. The quantitative estimate of drug-likeness (QED) is 0.564. The molecule has 1 aromatic rings. The third-order valence-electron chi connectivity index (χ3n) is 2.12. The van der Waals surface area contributed by atoms with Crippen LogP contribution in [0.25, 0.3) is 0 Å². The molecule has 0 fully saturated rings. The highest BCUT2D eigenvalue weighted by molar-refractivity contribution is 5.85. The monoisotopic (exact) mass is 261 g/mol. The van der Waals surface area contributed by atoms with Gasteiger partial charge in [-0.2, -0.15) is 0 Å². The van der Waals surface area contributed by atoms with E-state index in [0.29, 0.717) is 12.2 Å². The first kappa shape index (κ1) is 15.5. The van der Waals surface area contributed by atoms with E-state index >= 15 is 0 Å².